The van der Waals surface area contributed by atoms with Crippen LogP contribution in [0.2, 0.25) is 0 Å². The second-order valence-corrected chi connectivity index (χ2v) is 7.33. The first kappa shape index (κ1) is 18.4. The highest BCUT2D eigenvalue weighted by Gasteiger charge is 2.34. The molecule has 2 aliphatic rings. The normalized spacial score (nSPS) is 18.8. The third-order valence-electron chi connectivity index (χ3n) is 5.52. The number of hydrogen-bond acceptors (Lipinski definition) is 3. The lowest BCUT2D eigenvalue weighted by molar-refractivity contribution is -0.120. The summed E-state index contributed by atoms with van der Waals surface area (Å²) in [5.41, 5.74) is 1.39. The molecule has 0 aliphatic heterocycles. The Morgan fingerprint density at radius 2 is 2.08 bits per heavy atom. The van der Waals surface area contributed by atoms with E-state index in [0.29, 0.717) is 30.5 Å². The molecule has 0 saturated heterocycles. The molecule has 1 aromatic carbocycles. The number of nitrogens with zero attached hydrogens (tertiary/aromatic N) is 3. The molecule has 0 atom stereocenters. The van der Waals surface area contributed by atoms with Crippen molar-refractivity contribution < 1.29 is 9.90 Å². The molecule has 0 bridgehead atoms. The second-order valence-electron chi connectivity index (χ2n) is 7.33. The number of rotatable bonds is 4. The quantitative estimate of drug-likeness (QED) is 0.789. The first-order valence-electron chi connectivity index (χ1n) is 9.00. The largest absolute Gasteiger partial charge is 0.389 e. The summed E-state index contributed by atoms with van der Waals surface area (Å²) in [4.78, 5) is 20.6. The van der Waals surface area contributed by atoms with E-state index in [4.69, 9.17) is 6.57 Å². The molecule has 2 aliphatic carbocycles. The van der Waals surface area contributed by atoms with E-state index in [-0.39, 0.29) is 19.8 Å². The summed E-state index contributed by atoms with van der Waals surface area (Å²) in [7, 11) is 0. The lowest BCUT2D eigenvalue weighted by Gasteiger charge is -2.29. The van der Waals surface area contributed by atoms with Crippen molar-refractivity contribution in [2.24, 2.45) is 0 Å². The molecule has 2 N–H and O–H groups in total. The van der Waals surface area contributed by atoms with Crippen LogP contribution in [0.4, 0.5) is 11.6 Å². The van der Waals surface area contributed by atoms with Gasteiger partial charge in [0.15, 0.2) is 5.69 Å². The monoisotopic (exact) mass is 354 g/mol. The Bertz CT molecular complexity index is 855. The Hall–Kier alpha value is -2.39. The van der Waals surface area contributed by atoms with Gasteiger partial charge >= 0.3 is 0 Å². The highest BCUT2D eigenvalue weighted by Crippen LogP contribution is 2.38. The van der Waals surface area contributed by atoms with Crippen molar-refractivity contribution in [3.63, 3.8) is 0 Å². The third-order valence-corrected chi connectivity index (χ3v) is 5.52. The van der Waals surface area contributed by atoms with E-state index in [2.05, 4.69) is 19.7 Å². The van der Waals surface area contributed by atoms with Gasteiger partial charge < -0.3 is 9.67 Å². The fourth-order valence-electron chi connectivity index (χ4n) is 3.93. The lowest BCUT2D eigenvalue weighted by Crippen LogP contribution is -2.31. The van der Waals surface area contributed by atoms with Gasteiger partial charge in [0.2, 0.25) is 11.9 Å². The number of hydrogen-bond donors (Lipinski definition) is 2. The summed E-state index contributed by atoms with van der Waals surface area (Å²) >= 11 is 0. The van der Waals surface area contributed by atoms with Crippen molar-refractivity contribution in [1.29, 1.82) is 0 Å². The Morgan fingerprint density at radius 3 is 2.69 bits per heavy atom. The van der Waals surface area contributed by atoms with E-state index < -0.39 is 5.60 Å². The Balaban J connectivity index is 0.00000196. The molecular formula is C20H26N4O2. The number of benzene rings is 1. The van der Waals surface area contributed by atoms with Gasteiger partial charge in [0, 0.05) is 6.04 Å². The molecule has 0 unspecified atom stereocenters. The molecule has 1 aromatic heterocycles. The van der Waals surface area contributed by atoms with Crippen molar-refractivity contribution in [1.82, 2.24) is 9.55 Å². The molecule has 2 fully saturated rings. The molecule has 4 rings (SSSR count). The molecule has 2 saturated carbocycles. The maximum Gasteiger partial charge on any atom is 0.229 e. The average Bonchev–Trinajstić information content (AvgIpc) is 3.10. The first-order chi connectivity index (χ1) is 12.1. The predicted molar refractivity (Wildman–Crippen MR) is 102 cm³/mol. The number of fused-ring (bicyclic) bond motifs is 1. The zero-order valence-electron chi connectivity index (χ0n) is 14.2. The SMILES string of the molecule is C.[C-]#[N+]c1ccc2nc(NC(=O)CC3(O)CCCC3)n(C3CCC3)c2c1. The topological polar surface area (TPSA) is 71.5 Å². The van der Waals surface area contributed by atoms with Gasteiger partial charge in [-0.3, -0.25) is 10.1 Å². The lowest BCUT2D eigenvalue weighted by atomic mass is 9.92. The van der Waals surface area contributed by atoms with Crippen LogP contribution in [-0.2, 0) is 4.79 Å². The Morgan fingerprint density at radius 1 is 1.35 bits per heavy atom. The number of carbonyl (C=O) groups excluding carboxylic acids is 1. The highest BCUT2D eigenvalue weighted by atomic mass is 16.3. The van der Waals surface area contributed by atoms with E-state index in [9.17, 15) is 9.90 Å². The van der Waals surface area contributed by atoms with Gasteiger partial charge in [0.05, 0.1) is 29.6 Å². The van der Waals surface area contributed by atoms with E-state index in [1.165, 1.54) is 6.42 Å². The van der Waals surface area contributed by atoms with Crippen molar-refractivity contribution in [2.75, 3.05) is 5.32 Å². The minimum absolute atomic E-state index is 0. The van der Waals surface area contributed by atoms with Gasteiger partial charge in [-0.05, 0) is 44.2 Å². The Kier molecular flexibility index (Phi) is 5.01. The maximum absolute atomic E-state index is 12.5. The molecular weight excluding hydrogens is 328 g/mol. The number of anilines is 1. The van der Waals surface area contributed by atoms with E-state index in [1.54, 1.807) is 6.07 Å². The van der Waals surface area contributed by atoms with Gasteiger partial charge in [0.25, 0.3) is 0 Å². The predicted octanol–water partition coefficient (Wildman–Crippen LogP) is 4.58. The fourth-order valence-corrected chi connectivity index (χ4v) is 3.93. The second kappa shape index (κ2) is 7.08. The summed E-state index contributed by atoms with van der Waals surface area (Å²) in [5, 5.41) is 13.4. The summed E-state index contributed by atoms with van der Waals surface area (Å²) in [6.45, 7) is 7.22. The van der Waals surface area contributed by atoms with Crippen LogP contribution in [0.25, 0.3) is 15.9 Å². The average molecular weight is 354 g/mol. The summed E-state index contributed by atoms with van der Waals surface area (Å²) in [6, 6.07) is 5.74. The number of imidazole rings is 1. The van der Waals surface area contributed by atoms with Crippen LogP contribution in [0.5, 0.6) is 0 Å². The molecule has 1 amide bonds. The maximum atomic E-state index is 12.5. The number of carbonyl (C=O) groups is 1. The number of amides is 1. The van der Waals surface area contributed by atoms with Gasteiger partial charge in [-0.25, -0.2) is 9.83 Å². The van der Waals surface area contributed by atoms with Crippen LogP contribution >= 0.6 is 0 Å². The molecule has 2 aromatic rings. The van der Waals surface area contributed by atoms with Crippen LogP contribution < -0.4 is 5.32 Å². The van der Waals surface area contributed by atoms with E-state index >= 15 is 0 Å². The standard InChI is InChI=1S/C19H22N4O2.CH4/c1-20-13-7-8-15-16(11-13)23(14-5-4-6-14)18(21-15)22-17(24)12-19(25)9-2-3-10-19;/h7-8,11,14,25H,2-6,9-10,12H2,(H,21,22,24);1H4. The number of nitrogens with one attached hydrogen (secondary N) is 1. The van der Waals surface area contributed by atoms with Gasteiger partial charge in [-0.2, -0.15) is 0 Å². The van der Waals surface area contributed by atoms with E-state index in [0.717, 1.165) is 36.7 Å². The summed E-state index contributed by atoms with van der Waals surface area (Å²) in [5.74, 6) is 0.346. The highest BCUT2D eigenvalue weighted by molar-refractivity contribution is 5.92. The van der Waals surface area contributed by atoms with Gasteiger partial charge in [-0.15, -0.1) is 0 Å². The van der Waals surface area contributed by atoms with Gasteiger partial charge in [0.1, 0.15) is 0 Å². The zero-order chi connectivity index (χ0) is 17.4. The van der Waals surface area contributed by atoms with Crippen molar-refractivity contribution >= 4 is 28.6 Å². The van der Waals surface area contributed by atoms with Crippen LogP contribution in [0.1, 0.15) is 64.8 Å². The molecule has 26 heavy (non-hydrogen) atoms. The summed E-state index contributed by atoms with van der Waals surface area (Å²) in [6.07, 6.45) is 6.73. The zero-order valence-corrected chi connectivity index (χ0v) is 14.2. The number of aromatic nitrogens is 2. The minimum Gasteiger partial charge on any atom is -0.389 e. The van der Waals surface area contributed by atoms with Crippen LogP contribution in [0.3, 0.4) is 0 Å². The number of aliphatic hydroxyl groups is 1. The van der Waals surface area contributed by atoms with Crippen molar-refractivity contribution in [2.45, 2.75) is 70.4 Å². The minimum atomic E-state index is -0.866. The molecule has 1 heterocycles. The van der Waals surface area contributed by atoms with Crippen LogP contribution in [0.15, 0.2) is 18.2 Å². The molecule has 0 radical (unpaired) electrons. The van der Waals surface area contributed by atoms with Crippen molar-refractivity contribution in [3.05, 3.63) is 29.6 Å². The van der Waals surface area contributed by atoms with Crippen LogP contribution in [-0.4, -0.2) is 26.2 Å². The van der Waals surface area contributed by atoms with Crippen LogP contribution in [0, 0.1) is 6.57 Å². The molecule has 0 spiro atoms. The van der Waals surface area contributed by atoms with Crippen molar-refractivity contribution in [3.8, 4) is 0 Å². The molecule has 6 heteroatoms. The fraction of sp³-hybridized carbons (Fsp3) is 0.550. The molecule has 6 nitrogen and oxygen atoms in total. The van der Waals surface area contributed by atoms with E-state index in [1.807, 2.05) is 12.1 Å². The van der Waals surface area contributed by atoms with Gasteiger partial charge in [-0.1, -0.05) is 26.3 Å². The Labute approximate surface area is 154 Å². The summed E-state index contributed by atoms with van der Waals surface area (Å²) < 4.78 is 2.06. The first-order valence-corrected chi connectivity index (χ1v) is 9.00. The molecule has 138 valence electrons. The third kappa shape index (κ3) is 3.32. The smallest absolute Gasteiger partial charge is 0.229 e.